The Bertz CT molecular complexity index is 554. The molecular formula is C14H12Cl3N. The zero-order valence-corrected chi connectivity index (χ0v) is 12.1. The molecule has 2 rings (SSSR count). The van der Waals surface area contributed by atoms with Gasteiger partial charge in [-0.05, 0) is 36.2 Å². The zero-order chi connectivity index (χ0) is 13.1. The highest BCUT2D eigenvalue weighted by molar-refractivity contribution is 6.35. The van der Waals surface area contributed by atoms with E-state index in [1.165, 1.54) is 0 Å². The first-order valence-electron chi connectivity index (χ1n) is 5.57. The van der Waals surface area contributed by atoms with Crippen molar-refractivity contribution in [3.8, 4) is 0 Å². The van der Waals surface area contributed by atoms with Gasteiger partial charge in [-0.15, -0.1) is 11.6 Å². The van der Waals surface area contributed by atoms with Crippen LogP contribution in [0.15, 0.2) is 36.5 Å². The van der Waals surface area contributed by atoms with Gasteiger partial charge in [-0.2, -0.15) is 0 Å². The van der Waals surface area contributed by atoms with Gasteiger partial charge < -0.3 is 0 Å². The second-order valence-corrected chi connectivity index (χ2v) is 5.47. The predicted molar refractivity (Wildman–Crippen MR) is 77.7 cm³/mol. The average Bonchev–Trinajstić information content (AvgIpc) is 2.32. The summed E-state index contributed by atoms with van der Waals surface area (Å²) in [5, 5.41) is 1.00. The average molecular weight is 301 g/mol. The van der Waals surface area contributed by atoms with Crippen LogP contribution in [0.3, 0.4) is 0 Å². The normalized spacial score (nSPS) is 12.4. The molecule has 0 saturated carbocycles. The second kappa shape index (κ2) is 5.92. The van der Waals surface area contributed by atoms with Crippen LogP contribution < -0.4 is 0 Å². The maximum absolute atomic E-state index is 6.40. The summed E-state index contributed by atoms with van der Waals surface area (Å²) in [5.74, 6) is 0. The number of aromatic nitrogens is 1. The maximum Gasteiger partial charge on any atom is 0.0655 e. The van der Waals surface area contributed by atoms with Crippen molar-refractivity contribution in [2.75, 3.05) is 0 Å². The van der Waals surface area contributed by atoms with E-state index in [0.29, 0.717) is 16.5 Å². The number of benzene rings is 1. The van der Waals surface area contributed by atoms with Crippen LogP contribution in [0.2, 0.25) is 10.0 Å². The van der Waals surface area contributed by atoms with Gasteiger partial charge >= 0.3 is 0 Å². The molecule has 0 bridgehead atoms. The molecular weight excluding hydrogens is 289 g/mol. The van der Waals surface area contributed by atoms with Crippen molar-refractivity contribution >= 4 is 34.8 Å². The lowest BCUT2D eigenvalue weighted by molar-refractivity contribution is 0.870. The van der Waals surface area contributed by atoms with Crippen molar-refractivity contribution in [3.05, 3.63) is 63.4 Å². The fourth-order valence-electron chi connectivity index (χ4n) is 1.77. The van der Waals surface area contributed by atoms with Gasteiger partial charge in [0.2, 0.25) is 0 Å². The minimum atomic E-state index is -0.205. The molecule has 2 aromatic rings. The van der Waals surface area contributed by atoms with E-state index in [9.17, 15) is 0 Å². The largest absolute Gasteiger partial charge is 0.261 e. The molecule has 1 nitrogen and oxygen atoms in total. The molecule has 0 fully saturated rings. The molecule has 0 aliphatic rings. The summed E-state index contributed by atoms with van der Waals surface area (Å²) in [6.07, 6.45) is 2.42. The SMILES string of the molecule is Cc1cccnc1CC(Cl)c1ccc(Cl)cc1Cl. The first-order valence-corrected chi connectivity index (χ1v) is 6.76. The van der Waals surface area contributed by atoms with E-state index in [2.05, 4.69) is 4.98 Å². The van der Waals surface area contributed by atoms with Gasteiger partial charge in [0, 0.05) is 28.4 Å². The molecule has 1 heterocycles. The Labute approximate surface area is 122 Å². The lowest BCUT2D eigenvalue weighted by Gasteiger charge is -2.12. The molecule has 0 amide bonds. The van der Waals surface area contributed by atoms with E-state index < -0.39 is 0 Å². The van der Waals surface area contributed by atoms with Gasteiger partial charge in [0.15, 0.2) is 0 Å². The summed E-state index contributed by atoms with van der Waals surface area (Å²) in [4.78, 5) is 4.34. The van der Waals surface area contributed by atoms with Crippen LogP contribution in [-0.4, -0.2) is 4.98 Å². The van der Waals surface area contributed by atoms with Crippen LogP contribution >= 0.6 is 34.8 Å². The lowest BCUT2D eigenvalue weighted by Crippen LogP contribution is -2.01. The molecule has 0 aliphatic heterocycles. The standard InChI is InChI=1S/C14H12Cl3N/c1-9-3-2-6-18-14(9)8-13(17)11-5-4-10(15)7-12(11)16/h2-7,13H,8H2,1H3. The van der Waals surface area contributed by atoms with Crippen molar-refractivity contribution in [2.45, 2.75) is 18.7 Å². The summed E-state index contributed by atoms with van der Waals surface area (Å²) in [6, 6.07) is 9.30. The number of rotatable bonds is 3. The highest BCUT2D eigenvalue weighted by Crippen LogP contribution is 2.32. The number of aryl methyl sites for hydroxylation is 1. The summed E-state index contributed by atoms with van der Waals surface area (Å²) >= 11 is 18.4. The Kier molecular flexibility index (Phi) is 4.50. The van der Waals surface area contributed by atoms with E-state index in [4.69, 9.17) is 34.8 Å². The number of nitrogens with zero attached hydrogens (tertiary/aromatic N) is 1. The van der Waals surface area contributed by atoms with Crippen LogP contribution in [0.1, 0.15) is 22.2 Å². The maximum atomic E-state index is 6.40. The van der Waals surface area contributed by atoms with E-state index >= 15 is 0 Å². The fraction of sp³-hybridized carbons (Fsp3) is 0.214. The quantitative estimate of drug-likeness (QED) is 0.708. The fourth-order valence-corrected chi connectivity index (χ4v) is 2.70. The first kappa shape index (κ1) is 13.7. The highest BCUT2D eigenvalue weighted by Gasteiger charge is 2.14. The van der Waals surface area contributed by atoms with Gasteiger partial charge in [-0.25, -0.2) is 0 Å². The van der Waals surface area contributed by atoms with Gasteiger partial charge in [0.25, 0.3) is 0 Å². The molecule has 4 heteroatoms. The van der Waals surface area contributed by atoms with Crippen molar-refractivity contribution in [2.24, 2.45) is 0 Å². The molecule has 1 unspecified atom stereocenters. The topological polar surface area (TPSA) is 12.9 Å². The van der Waals surface area contributed by atoms with Gasteiger partial charge in [0.05, 0.1) is 5.38 Å². The molecule has 1 atom stereocenters. The Morgan fingerprint density at radius 2 is 2.00 bits per heavy atom. The lowest BCUT2D eigenvalue weighted by atomic mass is 10.0. The molecule has 18 heavy (non-hydrogen) atoms. The molecule has 94 valence electrons. The molecule has 0 saturated heterocycles. The molecule has 0 radical (unpaired) electrons. The number of hydrogen-bond acceptors (Lipinski definition) is 1. The number of halogens is 3. The minimum Gasteiger partial charge on any atom is -0.261 e. The number of pyridine rings is 1. The monoisotopic (exact) mass is 299 g/mol. The van der Waals surface area contributed by atoms with Crippen LogP contribution in [0.4, 0.5) is 0 Å². The zero-order valence-electron chi connectivity index (χ0n) is 9.83. The van der Waals surface area contributed by atoms with Crippen molar-refractivity contribution < 1.29 is 0 Å². The summed E-state index contributed by atoms with van der Waals surface area (Å²) in [6.45, 7) is 2.02. The Morgan fingerprint density at radius 3 is 2.67 bits per heavy atom. The predicted octanol–water partition coefficient (Wildman–Crippen LogP) is 5.22. The van der Waals surface area contributed by atoms with E-state index in [0.717, 1.165) is 16.8 Å². The van der Waals surface area contributed by atoms with Crippen molar-refractivity contribution in [3.63, 3.8) is 0 Å². The molecule has 0 aliphatic carbocycles. The Morgan fingerprint density at radius 1 is 1.22 bits per heavy atom. The third kappa shape index (κ3) is 3.17. The smallest absolute Gasteiger partial charge is 0.0655 e. The van der Waals surface area contributed by atoms with E-state index in [-0.39, 0.29) is 5.38 Å². The van der Waals surface area contributed by atoms with E-state index in [1.807, 2.05) is 25.1 Å². The number of hydrogen-bond donors (Lipinski definition) is 0. The highest BCUT2D eigenvalue weighted by atomic mass is 35.5. The summed E-state index contributed by atoms with van der Waals surface area (Å²) < 4.78 is 0. The third-order valence-corrected chi connectivity index (χ3v) is 3.74. The summed E-state index contributed by atoms with van der Waals surface area (Å²) in [5.41, 5.74) is 3.00. The molecule has 1 aromatic carbocycles. The third-order valence-electron chi connectivity index (χ3n) is 2.79. The van der Waals surface area contributed by atoms with Crippen LogP contribution in [0.25, 0.3) is 0 Å². The summed E-state index contributed by atoms with van der Waals surface area (Å²) in [7, 11) is 0. The minimum absolute atomic E-state index is 0.205. The second-order valence-electron chi connectivity index (χ2n) is 4.10. The van der Waals surface area contributed by atoms with Crippen LogP contribution in [-0.2, 0) is 6.42 Å². The Hall–Kier alpha value is -0.760. The van der Waals surface area contributed by atoms with Crippen molar-refractivity contribution in [1.29, 1.82) is 0 Å². The first-order chi connectivity index (χ1) is 8.58. The van der Waals surface area contributed by atoms with E-state index in [1.54, 1.807) is 18.3 Å². The molecule has 1 aromatic heterocycles. The van der Waals surface area contributed by atoms with Crippen LogP contribution in [0, 0.1) is 6.92 Å². The van der Waals surface area contributed by atoms with Gasteiger partial charge in [0.1, 0.15) is 0 Å². The number of alkyl halides is 1. The molecule has 0 N–H and O–H groups in total. The van der Waals surface area contributed by atoms with Gasteiger partial charge in [-0.1, -0.05) is 35.3 Å². The molecule has 0 spiro atoms. The van der Waals surface area contributed by atoms with Crippen LogP contribution in [0.5, 0.6) is 0 Å². The van der Waals surface area contributed by atoms with Gasteiger partial charge in [-0.3, -0.25) is 4.98 Å². The Balaban J connectivity index is 2.22. The van der Waals surface area contributed by atoms with Crippen molar-refractivity contribution in [1.82, 2.24) is 4.98 Å².